The minimum Gasteiger partial charge on any atom is -0.481 e. The highest BCUT2D eigenvalue weighted by molar-refractivity contribution is 8.76. The summed E-state index contributed by atoms with van der Waals surface area (Å²) in [7, 11) is 3.07. The molecule has 0 aliphatic rings. The molecule has 5 nitrogen and oxygen atoms in total. The second-order valence-corrected chi connectivity index (χ2v) is 7.56. The van der Waals surface area contributed by atoms with Gasteiger partial charge in [0.2, 0.25) is 0 Å². The Bertz CT molecular complexity index is 485. The summed E-state index contributed by atoms with van der Waals surface area (Å²) in [5, 5.41) is 11.4. The Morgan fingerprint density at radius 2 is 2.00 bits per heavy atom. The topological polar surface area (TPSA) is 79.5 Å². The van der Waals surface area contributed by atoms with E-state index in [9.17, 15) is 9.59 Å². The number of nitrogens with one attached hydrogen (secondary N) is 1. The van der Waals surface area contributed by atoms with Crippen molar-refractivity contribution >= 4 is 33.5 Å². The Hall–Kier alpha value is -1.08. The van der Waals surface area contributed by atoms with Crippen LogP contribution in [0.2, 0.25) is 0 Å². The van der Waals surface area contributed by atoms with Crippen molar-refractivity contribution in [2.45, 2.75) is 33.1 Å². The second kappa shape index (κ2) is 9.04. The van der Waals surface area contributed by atoms with Crippen molar-refractivity contribution in [3.8, 4) is 0 Å². The van der Waals surface area contributed by atoms with Crippen LogP contribution in [0.3, 0.4) is 0 Å². The molecule has 0 bridgehead atoms. The van der Waals surface area contributed by atoms with Crippen molar-refractivity contribution in [3.05, 3.63) is 23.2 Å². The fourth-order valence-corrected chi connectivity index (χ4v) is 3.61. The molecule has 0 aliphatic heterocycles. The van der Waals surface area contributed by atoms with Gasteiger partial charge in [-0.25, -0.2) is 0 Å². The zero-order valence-electron chi connectivity index (χ0n) is 12.5. The maximum atomic E-state index is 12.2. The number of carbonyl (C=O) groups is 2. The van der Waals surface area contributed by atoms with Gasteiger partial charge < -0.3 is 14.8 Å². The minimum atomic E-state index is -0.784. The first-order valence-corrected chi connectivity index (χ1v) is 9.24. The zero-order chi connectivity index (χ0) is 15.8. The van der Waals surface area contributed by atoms with Gasteiger partial charge in [-0.3, -0.25) is 9.59 Å². The lowest BCUT2D eigenvalue weighted by Crippen LogP contribution is -2.26. The van der Waals surface area contributed by atoms with Crippen LogP contribution in [-0.4, -0.2) is 35.0 Å². The summed E-state index contributed by atoms with van der Waals surface area (Å²) in [5.74, 6) is 1.30. The third kappa shape index (κ3) is 6.05. The number of carboxylic acids is 1. The van der Waals surface area contributed by atoms with Gasteiger partial charge in [0.05, 0.1) is 18.2 Å². The predicted octanol–water partition coefficient (Wildman–Crippen LogP) is 3.30. The Balaban J connectivity index is 2.31. The summed E-state index contributed by atoms with van der Waals surface area (Å²) in [6.45, 7) is 6.39. The largest absolute Gasteiger partial charge is 0.481 e. The lowest BCUT2D eigenvalue weighted by Gasteiger charge is -2.08. The molecule has 2 N–H and O–H groups in total. The molecule has 1 aromatic rings. The first-order chi connectivity index (χ1) is 9.93. The van der Waals surface area contributed by atoms with E-state index in [0.29, 0.717) is 23.6 Å². The molecule has 0 saturated carbocycles. The summed E-state index contributed by atoms with van der Waals surface area (Å²) < 4.78 is 5.43. The average Bonchev–Trinajstić information content (AvgIpc) is 2.79. The van der Waals surface area contributed by atoms with Gasteiger partial charge in [-0.05, 0) is 6.92 Å². The molecule has 1 amide bonds. The van der Waals surface area contributed by atoms with E-state index < -0.39 is 5.97 Å². The van der Waals surface area contributed by atoms with Crippen molar-refractivity contribution in [1.82, 2.24) is 5.32 Å². The van der Waals surface area contributed by atoms with E-state index in [2.05, 4.69) is 5.32 Å². The number of aliphatic carboxylic acids is 1. The van der Waals surface area contributed by atoms with Crippen LogP contribution in [0.15, 0.2) is 10.7 Å². The molecule has 0 unspecified atom stereocenters. The predicted molar refractivity (Wildman–Crippen MR) is 87.0 cm³/mol. The van der Waals surface area contributed by atoms with Crippen LogP contribution < -0.4 is 5.32 Å². The van der Waals surface area contributed by atoms with Gasteiger partial charge in [0.1, 0.15) is 5.76 Å². The average molecular weight is 331 g/mol. The molecule has 0 aromatic carbocycles. The Kier molecular flexibility index (Phi) is 7.74. The number of hydrogen-bond donors (Lipinski definition) is 2. The first-order valence-electron chi connectivity index (χ1n) is 6.75. The van der Waals surface area contributed by atoms with Gasteiger partial charge in [-0.1, -0.05) is 35.4 Å². The number of carboxylic acid groups (broad SMARTS) is 1. The third-order valence-corrected chi connectivity index (χ3v) is 5.12. The molecular weight excluding hydrogens is 310 g/mol. The number of aryl methyl sites for hydroxylation is 1. The van der Waals surface area contributed by atoms with E-state index in [4.69, 9.17) is 9.52 Å². The van der Waals surface area contributed by atoms with Crippen molar-refractivity contribution in [2.75, 3.05) is 18.1 Å². The van der Waals surface area contributed by atoms with E-state index in [1.54, 1.807) is 17.1 Å². The fourth-order valence-electron chi connectivity index (χ4n) is 1.72. The van der Waals surface area contributed by atoms with Crippen molar-refractivity contribution in [3.63, 3.8) is 0 Å². The van der Waals surface area contributed by atoms with E-state index in [0.717, 1.165) is 11.3 Å². The summed E-state index contributed by atoms with van der Waals surface area (Å²) in [4.78, 5) is 22.5. The minimum absolute atomic E-state index is 0.110. The van der Waals surface area contributed by atoms with Gasteiger partial charge in [0, 0.05) is 29.5 Å². The van der Waals surface area contributed by atoms with Crippen molar-refractivity contribution in [1.29, 1.82) is 0 Å². The molecule has 0 atom stereocenters. The Morgan fingerprint density at radius 3 is 2.62 bits per heavy atom. The first kappa shape index (κ1) is 18.0. The van der Waals surface area contributed by atoms with Crippen LogP contribution in [0.25, 0.3) is 0 Å². The molecule has 0 radical (unpaired) electrons. The highest BCUT2D eigenvalue weighted by Crippen LogP contribution is 2.24. The highest BCUT2D eigenvalue weighted by Gasteiger charge is 2.20. The zero-order valence-corrected chi connectivity index (χ0v) is 14.1. The SMILES string of the molecule is Cc1coc(C(C)C)c1C(=O)NCCSSCCC(=O)O. The van der Waals surface area contributed by atoms with E-state index >= 15 is 0 Å². The van der Waals surface area contributed by atoms with Crippen LogP contribution >= 0.6 is 21.6 Å². The number of carbonyl (C=O) groups excluding carboxylic acids is 1. The summed E-state index contributed by atoms with van der Waals surface area (Å²) in [6, 6.07) is 0. The van der Waals surface area contributed by atoms with Crippen LogP contribution in [0.4, 0.5) is 0 Å². The molecule has 7 heteroatoms. The standard InChI is InChI=1S/C14H21NO4S2/c1-9(2)13-12(10(3)8-19-13)14(18)15-5-7-21-20-6-4-11(16)17/h8-9H,4-7H2,1-3H3,(H,15,18)(H,16,17). The molecule has 1 heterocycles. The maximum absolute atomic E-state index is 12.2. The van der Waals surface area contributed by atoms with Crippen molar-refractivity contribution in [2.24, 2.45) is 0 Å². The van der Waals surface area contributed by atoms with E-state index in [1.165, 1.54) is 10.8 Å². The number of rotatable bonds is 9. The molecule has 0 saturated heterocycles. The lowest BCUT2D eigenvalue weighted by molar-refractivity contribution is -0.136. The Labute approximate surface area is 132 Å². The van der Waals surface area contributed by atoms with Crippen molar-refractivity contribution < 1.29 is 19.1 Å². The molecule has 0 fully saturated rings. The Morgan fingerprint density at radius 1 is 1.33 bits per heavy atom. The van der Waals surface area contributed by atoms with Gasteiger partial charge >= 0.3 is 5.97 Å². The van der Waals surface area contributed by atoms with Crippen LogP contribution in [0, 0.1) is 6.92 Å². The van der Waals surface area contributed by atoms with Gasteiger partial charge in [-0.15, -0.1) is 0 Å². The summed E-state index contributed by atoms with van der Waals surface area (Å²) in [6.07, 6.45) is 1.77. The summed E-state index contributed by atoms with van der Waals surface area (Å²) in [5.41, 5.74) is 1.48. The molecular formula is C14H21NO4S2. The lowest BCUT2D eigenvalue weighted by atomic mass is 10.0. The number of amides is 1. The molecule has 0 spiro atoms. The highest BCUT2D eigenvalue weighted by atomic mass is 33.1. The smallest absolute Gasteiger partial charge is 0.304 e. The van der Waals surface area contributed by atoms with Crippen LogP contribution in [-0.2, 0) is 4.79 Å². The molecule has 118 valence electrons. The number of furan rings is 1. The van der Waals surface area contributed by atoms with E-state index in [-0.39, 0.29) is 18.2 Å². The molecule has 0 aliphatic carbocycles. The molecule has 21 heavy (non-hydrogen) atoms. The van der Waals surface area contributed by atoms with Gasteiger partial charge in [0.15, 0.2) is 0 Å². The second-order valence-electron chi connectivity index (χ2n) is 4.86. The van der Waals surface area contributed by atoms with Gasteiger partial charge in [-0.2, -0.15) is 0 Å². The monoisotopic (exact) mass is 331 g/mol. The molecule has 1 rings (SSSR count). The fraction of sp³-hybridized carbons (Fsp3) is 0.571. The van der Waals surface area contributed by atoms with Crippen LogP contribution in [0.1, 0.15) is 47.9 Å². The third-order valence-electron chi connectivity index (χ3n) is 2.71. The van der Waals surface area contributed by atoms with Crippen LogP contribution in [0.5, 0.6) is 0 Å². The maximum Gasteiger partial charge on any atom is 0.304 e. The number of hydrogen-bond acceptors (Lipinski definition) is 5. The summed E-state index contributed by atoms with van der Waals surface area (Å²) >= 11 is 0. The van der Waals surface area contributed by atoms with Gasteiger partial charge in [0.25, 0.3) is 5.91 Å². The quantitative estimate of drug-likeness (QED) is 0.534. The van der Waals surface area contributed by atoms with E-state index in [1.807, 2.05) is 20.8 Å². The molecule has 1 aromatic heterocycles. The normalized spacial score (nSPS) is 10.9.